The highest BCUT2D eigenvalue weighted by molar-refractivity contribution is 6.46. The molecule has 1 atom stereocenters. The number of carbonyl (C=O) groups is 2. The fraction of sp³-hybridized carbons (Fsp3) is 0.360. The molecule has 1 fully saturated rings. The Morgan fingerprint density at radius 2 is 1.81 bits per heavy atom. The third kappa shape index (κ3) is 4.54. The first-order valence-corrected chi connectivity index (χ1v) is 10.6. The topological polar surface area (TPSA) is 60.9 Å². The van der Waals surface area contributed by atoms with E-state index >= 15 is 0 Å². The summed E-state index contributed by atoms with van der Waals surface area (Å²) in [5, 5.41) is 11.1. The number of nitrogens with zero attached hydrogens (tertiary/aromatic N) is 2. The van der Waals surface area contributed by atoms with Crippen LogP contribution in [0.4, 0.5) is 4.39 Å². The van der Waals surface area contributed by atoms with Gasteiger partial charge in [-0.3, -0.25) is 9.59 Å². The van der Waals surface area contributed by atoms with Crippen LogP contribution in [-0.2, 0) is 9.59 Å². The minimum absolute atomic E-state index is 0.0427. The number of rotatable bonds is 7. The number of amides is 1. The Balaban J connectivity index is 2.12. The molecule has 164 valence electrons. The molecule has 0 saturated carbocycles. The summed E-state index contributed by atoms with van der Waals surface area (Å²) in [6, 6.07) is 11.1. The quantitative estimate of drug-likeness (QED) is 0.411. The lowest BCUT2D eigenvalue weighted by Gasteiger charge is -2.28. The van der Waals surface area contributed by atoms with Crippen LogP contribution < -0.4 is 0 Å². The minimum atomic E-state index is -0.717. The van der Waals surface area contributed by atoms with Crippen molar-refractivity contribution in [3.05, 3.63) is 76.1 Å². The third-order valence-electron chi connectivity index (χ3n) is 5.88. The first-order valence-electron chi connectivity index (χ1n) is 10.6. The smallest absolute Gasteiger partial charge is 0.295 e. The van der Waals surface area contributed by atoms with E-state index in [0.29, 0.717) is 24.2 Å². The molecule has 1 saturated heterocycles. The van der Waals surface area contributed by atoms with Crippen molar-refractivity contribution in [3.63, 3.8) is 0 Å². The Hall–Kier alpha value is -2.99. The molecule has 0 aromatic heterocycles. The van der Waals surface area contributed by atoms with Gasteiger partial charge < -0.3 is 14.9 Å². The van der Waals surface area contributed by atoms with Gasteiger partial charge in [-0.2, -0.15) is 0 Å². The van der Waals surface area contributed by atoms with Gasteiger partial charge in [0.25, 0.3) is 11.7 Å². The Bertz CT molecular complexity index is 1030. The van der Waals surface area contributed by atoms with Crippen molar-refractivity contribution in [1.29, 1.82) is 0 Å². The summed E-state index contributed by atoms with van der Waals surface area (Å²) in [6.45, 7) is 10.3. The van der Waals surface area contributed by atoms with Crippen molar-refractivity contribution >= 4 is 17.4 Å². The number of carbonyl (C=O) groups excluding carboxylic acids is 2. The zero-order chi connectivity index (χ0) is 22.7. The lowest BCUT2D eigenvalue weighted by molar-refractivity contribution is -0.140. The highest BCUT2D eigenvalue weighted by Gasteiger charge is 2.46. The van der Waals surface area contributed by atoms with Gasteiger partial charge in [0.2, 0.25) is 0 Å². The van der Waals surface area contributed by atoms with Gasteiger partial charge in [0.15, 0.2) is 0 Å². The van der Waals surface area contributed by atoms with Crippen LogP contribution in [0.5, 0.6) is 0 Å². The number of ketones is 1. The summed E-state index contributed by atoms with van der Waals surface area (Å²) in [5.74, 6) is -2.02. The second-order valence-electron chi connectivity index (χ2n) is 7.90. The Morgan fingerprint density at radius 1 is 1.10 bits per heavy atom. The Labute approximate surface area is 182 Å². The second-order valence-corrected chi connectivity index (χ2v) is 7.90. The van der Waals surface area contributed by atoms with E-state index in [-0.39, 0.29) is 11.3 Å². The second kappa shape index (κ2) is 9.43. The monoisotopic (exact) mass is 424 g/mol. The summed E-state index contributed by atoms with van der Waals surface area (Å²) < 4.78 is 13.7. The molecule has 0 aliphatic carbocycles. The molecule has 2 aromatic rings. The largest absolute Gasteiger partial charge is 0.507 e. The summed E-state index contributed by atoms with van der Waals surface area (Å²) in [4.78, 5) is 29.7. The van der Waals surface area contributed by atoms with Crippen LogP contribution in [-0.4, -0.2) is 52.8 Å². The lowest BCUT2D eigenvalue weighted by Crippen LogP contribution is -2.38. The minimum Gasteiger partial charge on any atom is -0.507 e. The SMILES string of the molecule is CCN(CC)CCN1C(=O)C(=O)/C(=C(\O)c2ccc(F)c(C)c2)C1c1cccc(C)c1. The fourth-order valence-electron chi connectivity index (χ4n) is 4.03. The van der Waals surface area contributed by atoms with E-state index < -0.39 is 23.5 Å². The van der Waals surface area contributed by atoms with Gasteiger partial charge in [0.1, 0.15) is 11.6 Å². The van der Waals surface area contributed by atoms with Crippen LogP contribution in [0, 0.1) is 19.7 Å². The number of halogens is 1. The standard InChI is InChI=1S/C25H29FN2O3/c1-5-27(6-2)12-13-28-22(18-9-7-8-16(3)14-18)21(24(30)25(28)31)23(29)19-10-11-20(26)17(4)15-19/h7-11,14-15,22,29H,5-6,12-13H2,1-4H3/b23-21-. The number of aryl methyl sites for hydroxylation is 2. The predicted molar refractivity (Wildman–Crippen MR) is 119 cm³/mol. The first kappa shape index (κ1) is 22.7. The number of Topliss-reactive ketones (excluding diaryl/α,β-unsaturated/α-hetero) is 1. The molecule has 1 unspecified atom stereocenters. The highest BCUT2D eigenvalue weighted by Crippen LogP contribution is 2.39. The van der Waals surface area contributed by atoms with Crippen LogP contribution >= 0.6 is 0 Å². The van der Waals surface area contributed by atoms with Crippen molar-refractivity contribution in [2.45, 2.75) is 33.7 Å². The molecule has 1 aliphatic heterocycles. The van der Waals surface area contributed by atoms with Crippen LogP contribution in [0.1, 0.15) is 42.1 Å². The molecule has 1 N–H and O–H groups in total. The van der Waals surface area contributed by atoms with Gasteiger partial charge in [-0.25, -0.2) is 4.39 Å². The molecule has 0 spiro atoms. The average Bonchev–Trinajstić information content (AvgIpc) is 3.01. The molecule has 2 aromatic carbocycles. The predicted octanol–water partition coefficient (Wildman–Crippen LogP) is 4.21. The fourth-order valence-corrected chi connectivity index (χ4v) is 4.03. The van der Waals surface area contributed by atoms with Gasteiger partial charge in [-0.1, -0.05) is 43.7 Å². The van der Waals surface area contributed by atoms with Crippen LogP contribution in [0.3, 0.4) is 0 Å². The van der Waals surface area contributed by atoms with Gasteiger partial charge in [0, 0.05) is 18.7 Å². The molecule has 1 heterocycles. The molecule has 3 rings (SSSR count). The normalized spacial score (nSPS) is 18.3. The summed E-state index contributed by atoms with van der Waals surface area (Å²) in [5.41, 5.74) is 2.47. The van der Waals surface area contributed by atoms with Crippen LogP contribution in [0.2, 0.25) is 0 Å². The first-order chi connectivity index (χ1) is 14.8. The van der Waals surface area contributed by atoms with Crippen molar-refractivity contribution in [3.8, 4) is 0 Å². The molecule has 31 heavy (non-hydrogen) atoms. The number of likely N-dealkylation sites (tertiary alicyclic amines) is 1. The average molecular weight is 425 g/mol. The van der Waals surface area contributed by atoms with E-state index in [1.165, 1.54) is 23.1 Å². The van der Waals surface area contributed by atoms with E-state index in [2.05, 4.69) is 4.90 Å². The Kier molecular flexibility index (Phi) is 6.91. The van der Waals surface area contributed by atoms with E-state index in [1.807, 2.05) is 45.0 Å². The molecule has 1 aliphatic rings. The number of likely N-dealkylation sites (N-methyl/N-ethyl adjacent to an activating group) is 1. The molecule has 1 amide bonds. The molecule has 5 nitrogen and oxygen atoms in total. The number of benzene rings is 2. The highest BCUT2D eigenvalue weighted by atomic mass is 19.1. The number of hydrogen-bond donors (Lipinski definition) is 1. The van der Waals surface area contributed by atoms with Crippen LogP contribution in [0.25, 0.3) is 5.76 Å². The number of aliphatic hydroxyl groups is 1. The molecular weight excluding hydrogens is 395 g/mol. The van der Waals surface area contributed by atoms with Crippen LogP contribution in [0.15, 0.2) is 48.0 Å². The molecular formula is C25H29FN2O3. The van der Waals surface area contributed by atoms with Gasteiger partial charge in [-0.15, -0.1) is 0 Å². The van der Waals surface area contributed by atoms with Crippen molar-refractivity contribution in [2.75, 3.05) is 26.2 Å². The summed E-state index contributed by atoms with van der Waals surface area (Å²) in [7, 11) is 0. The van der Waals surface area contributed by atoms with E-state index in [4.69, 9.17) is 0 Å². The van der Waals surface area contributed by atoms with E-state index in [9.17, 15) is 19.1 Å². The maximum absolute atomic E-state index is 13.7. The lowest BCUT2D eigenvalue weighted by atomic mass is 9.94. The summed E-state index contributed by atoms with van der Waals surface area (Å²) >= 11 is 0. The van der Waals surface area contributed by atoms with Crippen molar-refractivity contribution in [1.82, 2.24) is 9.80 Å². The zero-order valence-electron chi connectivity index (χ0n) is 18.5. The van der Waals surface area contributed by atoms with Crippen molar-refractivity contribution in [2.24, 2.45) is 0 Å². The third-order valence-corrected chi connectivity index (χ3v) is 5.88. The number of aliphatic hydroxyl groups excluding tert-OH is 1. The number of hydrogen-bond acceptors (Lipinski definition) is 4. The van der Waals surface area contributed by atoms with Gasteiger partial charge in [0.05, 0.1) is 11.6 Å². The summed E-state index contributed by atoms with van der Waals surface area (Å²) in [6.07, 6.45) is 0. The molecule has 6 heteroatoms. The van der Waals surface area contributed by atoms with E-state index in [0.717, 1.165) is 24.2 Å². The van der Waals surface area contributed by atoms with E-state index in [1.54, 1.807) is 6.92 Å². The maximum Gasteiger partial charge on any atom is 0.295 e. The maximum atomic E-state index is 13.7. The van der Waals surface area contributed by atoms with Gasteiger partial charge >= 0.3 is 0 Å². The molecule has 0 bridgehead atoms. The Morgan fingerprint density at radius 3 is 2.42 bits per heavy atom. The molecule has 0 radical (unpaired) electrons. The zero-order valence-corrected chi connectivity index (χ0v) is 18.5. The van der Waals surface area contributed by atoms with Gasteiger partial charge in [-0.05, 0) is 56.3 Å². The van der Waals surface area contributed by atoms with Crippen molar-refractivity contribution < 1.29 is 19.1 Å².